The molecule has 0 amide bonds. The highest BCUT2D eigenvalue weighted by atomic mass is 31.0. The fraction of sp³-hybridized carbons (Fsp3) is 1.00. The zero-order valence-corrected chi connectivity index (χ0v) is 14.3. The molecule has 1 rings (SSSR count). The topological polar surface area (TPSA) is 12.5 Å². The Labute approximate surface area is 119 Å². The van der Waals surface area contributed by atoms with Gasteiger partial charge in [0.05, 0.1) is 6.61 Å². The molecule has 3 atom stereocenters. The van der Waals surface area contributed by atoms with Gasteiger partial charge in [-0.1, -0.05) is 6.32 Å². The first-order chi connectivity index (χ1) is 8.18. The van der Waals surface area contributed by atoms with Gasteiger partial charge in [0.1, 0.15) is 31.4 Å². The lowest BCUT2D eigenvalue weighted by Gasteiger charge is -2.30. The lowest BCUT2D eigenvalue weighted by molar-refractivity contribution is 0.0969. The predicted molar refractivity (Wildman–Crippen MR) is 95.1 cm³/mol. The van der Waals surface area contributed by atoms with Gasteiger partial charge >= 0.3 is 0 Å². The molecule has 0 N–H and O–H groups in total. The molecule has 1 aliphatic heterocycles. The summed E-state index contributed by atoms with van der Waals surface area (Å²) in [5.74, 6) is 0.678. The van der Waals surface area contributed by atoms with Crippen molar-refractivity contribution in [1.29, 1.82) is 0 Å². The maximum atomic E-state index is 5.96. The first-order valence-electron chi connectivity index (χ1n) is 7.28. The van der Waals surface area contributed by atoms with Crippen LogP contribution in [0.1, 0.15) is 13.8 Å². The number of hydrogen-bond donors (Lipinski definition) is 0. The summed E-state index contributed by atoms with van der Waals surface area (Å²) in [5.41, 5.74) is 0. The van der Waals surface area contributed by atoms with Crippen molar-refractivity contribution in [3.8, 4) is 0 Å². The fourth-order valence-corrected chi connectivity index (χ4v) is 2.79. The summed E-state index contributed by atoms with van der Waals surface area (Å²) in [6, 6.07) is 0.652. The van der Waals surface area contributed by atoms with E-state index in [1.165, 1.54) is 19.4 Å². The molecule has 2 nitrogen and oxygen atoms in total. The van der Waals surface area contributed by atoms with Crippen molar-refractivity contribution in [2.24, 2.45) is 5.92 Å². The van der Waals surface area contributed by atoms with Crippen LogP contribution >= 0.6 is 9.24 Å². The molecule has 0 radical (unpaired) electrons. The molecule has 0 aromatic carbocycles. The molecule has 1 saturated heterocycles. The van der Waals surface area contributed by atoms with E-state index in [4.69, 9.17) is 4.74 Å². The van der Waals surface area contributed by atoms with E-state index in [-0.39, 0.29) is 4.95 Å². The Bertz CT molecular complexity index is 274. The van der Waals surface area contributed by atoms with Crippen LogP contribution in [0.15, 0.2) is 0 Å². The highest BCUT2D eigenvalue weighted by Gasteiger charge is 2.41. The molecule has 7 heteroatoms. The third-order valence-electron chi connectivity index (χ3n) is 4.34. The van der Waals surface area contributed by atoms with Crippen LogP contribution < -0.4 is 0 Å². The Hall–Kier alpha value is 0.610. The summed E-state index contributed by atoms with van der Waals surface area (Å²) in [6.07, 6.45) is 1.24. The first kappa shape index (κ1) is 16.7. The molecule has 0 aromatic heterocycles. The van der Waals surface area contributed by atoms with Crippen LogP contribution in [0.4, 0.5) is 0 Å². The average Bonchev–Trinajstić information content (AvgIpc) is 2.56. The largest absolute Gasteiger partial charge is 0.382 e. The first-order valence-corrected chi connectivity index (χ1v) is 7.86. The standard InChI is InChI=1S/C11H28B4NOP/c1-8(2)16-3-9(10(13,5-12)6-16)4-17-7-11(14,15)18/h8-9H,3-7,12-15,18H2,1-2H3/t9-,10+/m0/s1. The molecule has 0 spiro atoms. The van der Waals surface area contributed by atoms with Gasteiger partial charge in [-0.15, -0.1) is 9.24 Å². The number of hydrogen-bond acceptors (Lipinski definition) is 2. The lowest BCUT2D eigenvalue weighted by atomic mass is 9.56. The number of likely N-dealkylation sites (tertiary alicyclic amines) is 1. The van der Waals surface area contributed by atoms with Crippen molar-refractivity contribution in [2.75, 3.05) is 26.3 Å². The predicted octanol–water partition coefficient (Wildman–Crippen LogP) is -2.02. The smallest absolute Gasteiger partial charge is 0.110 e. The maximum Gasteiger partial charge on any atom is 0.110 e. The third kappa shape index (κ3) is 4.62. The quantitative estimate of drug-likeness (QED) is 0.406. The molecule has 1 aliphatic rings. The van der Waals surface area contributed by atoms with E-state index in [9.17, 15) is 0 Å². The van der Waals surface area contributed by atoms with Crippen LogP contribution in [-0.2, 0) is 4.74 Å². The SMILES string of the molecule is BC[C@@]1(B)CN(C(C)C)C[C@H]1COCC(B)(B)P. The van der Waals surface area contributed by atoms with Crippen LogP contribution in [0.25, 0.3) is 0 Å². The van der Waals surface area contributed by atoms with E-state index in [2.05, 4.69) is 59.4 Å². The summed E-state index contributed by atoms with van der Waals surface area (Å²) < 4.78 is 5.96. The number of nitrogens with zero attached hydrogens (tertiary/aromatic N) is 1. The Balaban J connectivity index is 2.52. The summed E-state index contributed by atoms with van der Waals surface area (Å²) in [5, 5.41) is 0.426. The van der Waals surface area contributed by atoms with Crippen molar-refractivity contribution in [1.82, 2.24) is 4.90 Å². The minimum Gasteiger partial charge on any atom is -0.382 e. The summed E-state index contributed by atoms with van der Waals surface area (Å²) in [4.78, 5) is 2.79. The van der Waals surface area contributed by atoms with Gasteiger partial charge in [-0.05, 0) is 36.6 Å². The molecule has 1 fully saturated rings. The average molecular weight is 265 g/mol. The van der Waals surface area contributed by atoms with Crippen molar-refractivity contribution in [3.63, 3.8) is 0 Å². The van der Waals surface area contributed by atoms with Gasteiger partial charge in [0.25, 0.3) is 0 Å². The summed E-state index contributed by atoms with van der Waals surface area (Å²) in [6.45, 7) is 8.75. The van der Waals surface area contributed by atoms with E-state index < -0.39 is 0 Å². The van der Waals surface area contributed by atoms with Crippen LogP contribution in [0.2, 0.25) is 11.6 Å². The van der Waals surface area contributed by atoms with Gasteiger partial charge in [0.2, 0.25) is 0 Å². The van der Waals surface area contributed by atoms with Crippen LogP contribution in [0, 0.1) is 5.92 Å². The van der Waals surface area contributed by atoms with E-state index in [0.29, 0.717) is 17.3 Å². The number of ether oxygens (including phenoxy) is 1. The van der Waals surface area contributed by atoms with E-state index in [1.807, 2.05) is 0 Å². The van der Waals surface area contributed by atoms with Crippen LogP contribution in [0.5, 0.6) is 0 Å². The Morgan fingerprint density at radius 1 is 1.50 bits per heavy atom. The zero-order chi connectivity index (χ0) is 14.0. The second-order valence-electron chi connectivity index (χ2n) is 7.23. The van der Waals surface area contributed by atoms with Crippen molar-refractivity contribution in [2.45, 2.75) is 36.5 Å². The highest BCUT2D eigenvalue weighted by Crippen LogP contribution is 2.43. The second-order valence-corrected chi connectivity index (χ2v) is 8.79. The molecular weight excluding hydrogens is 236 g/mol. The Kier molecular flexibility index (Phi) is 5.90. The highest BCUT2D eigenvalue weighted by molar-refractivity contribution is 7.26. The maximum absolute atomic E-state index is 5.96. The summed E-state index contributed by atoms with van der Waals surface area (Å²) >= 11 is 0. The van der Waals surface area contributed by atoms with Crippen LogP contribution in [0.3, 0.4) is 0 Å². The Morgan fingerprint density at radius 3 is 2.56 bits per heavy atom. The van der Waals surface area contributed by atoms with Crippen molar-refractivity contribution >= 4 is 40.6 Å². The Morgan fingerprint density at radius 2 is 2.11 bits per heavy atom. The molecule has 0 aromatic rings. The second kappa shape index (κ2) is 6.37. The monoisotopic (exact) mass is 265 g/mol. The van der Waals surface area contributed by atoms with Gasteiger partial charge in [-0.25, -0.2) is 0 Å². The molecular formula is C11H28B4NOP. The normalized spacial score (nSPS) is 30.1. The fourth-order valence-electron chi connectivity index (χ4n) is 2.67. The van der Waals surface area contributed by atoms with Gasteiger partial charge in [0, 0.05) is 19.2 Å². The molecule has 0 bridgehead atoms. The molecule has 1 heterocycles. The lowest BCUT2D eigenvalue weighted by Crippen LogP contribution is -2.32. The van der Waals surface area contributed by atoms with Crippen LogP contribution in [-0.4, -0.2) is 73.6 Å². The molecule has 0 aliphatic carbocycles. The van der Waals surface area contributed by atoms with Gasteiger partial charge in [0.15, 0.2) is 0 Å². The molecule has 100 valence electrons. The van der Waals surface area contributed by atoms with E-state index >= 15 is 0 Å². The van der Waals surface area contributed by atoms with Crippen molar-refractivity contribution < 1.29 is 4.74 Å². The molecule has 18 heavy (non-hydrogen) atoms. The minimum atomic E-state index is 0.193. The minimum absolute atomic E-state index is 0.193. The third-order valence-corrected chi connectivity index (χ3v) is 4.50. The van der Waals surface area contributed by atoms with Gasteiger partial charge in [-0.3, -0.25) is 0 Å². The van der Waals surface area contributed by atoms with Gasteiger partial charge < -0.3 is 9.64 Å². The summed E-state index contributed by atoms with van der Waals surface area (Å²) in [7, 11) is 12.0. The molecule has 1 unspecified atom stereocenters. The van der Waals surface area contributed by atoms with Crippen molar-refractivity contribution in [3.05, 3.63) is 0 Å². The van der Waals surface area contributed by atoms with Gasteiger partial charge in [-0.2, -0.15) is 0 Å². The molecule has 0 saturated carbocycles. The van der Waals surface area contributed by atoms with E-state index in [1.54, 1.807) is 0 Å². The number of rotatable bonds is 6. The van der Waals surface area contributed by atoms with E-state index in [0.717, 1.165) is 13.2 Å². The zero-order valence-electron chi connectivity index (χ0n) is 13.1.